The molecule has 4 aromatic carbocycles. The molecule has 0 saturated carbocycles. The maximum atomic E-state index is 13.9. The van der Waals surface area contributed by atoms with Gasteiger partial charge in [0.05, 0.1) is 17.3 Å². The molecule has 3 aromatic heterocycles. The van der Waals surface area contributed by atoms with E-state index in [1.807, 2.05) is 85.1 Å². The number of aliphatic hydroxyl groups excluding tert-OH is 1. The number of Topliss-reactive ketones (excluding diaryl/α,β-unsaturated/α-hetero) is 1. The molecule has 1 aliphatic rings. The van der Waals surface area contributed by atoms with Crippen LogP contribution in [0.2, 0.25) is 0 Å². The van der Waals surface area contributed by atoms with E-state index in [2.05, 4.69) is 34.5 Å². The second-order valence-electron chi connectivity index (χ2n) is 12.2. The number of thioether (sulfide) groups is 1. The van der Waals surface area contributed by atoms with Crippen molar-refractivity contribution in [3.05, 3.63) is 155 Å². The first-order valence-electron chi connectivity index (χ1n) is 16.3. The zero-order chi connectivity index (χ0) is 35.1. The monoisotopic (exact) mass is 709 g/mol. The number of hydrogen-bond acceptors (Lipinski definition) is 9. The summed E-state index contributed by atoms with van der Waals surface area (Å²) in [6.45, 7) is 4.13. The average Bonchev–Trinajstić information content (AvgIpc) is 3.84. The van der Waals surface area contributed by atoms with E-state index < -0.39 is 17.7 Å². The first-order chi connectivity index (χ1) is 24.9. The molecule has 252 valence electrons. The van der Waals surface area contributed by atoms with Crippen molar-refractivity contribution >= 4 is 62.1 Å². The largest absolute Gasteiger partial charge is 0.505 e. The van der Waals surface area contributed by atoms with Gasteiger partial charge in [0.15, 0.2) is 10.1 Å². The van der Waals surface area contributed by atoms with Crippen LogP contribution in [-0.2, 0) is 21.9 Å². The van der Waals surface area contributed by atoms with Gasteiger partial charge >= 0.3 is 5.91 Å². The van der Waals surface area contributed by atoms with Crippen molar-refractivity contribution in [3.8, 4) is 5.75 Å². The highest BCUT2D eigenvalue weighted by Crippen LogP contribution is 2.45. The van der Waals surface area contributed by atoms with Crippen LogP contribution in [0.5, 0.6) is 5.75 Å². The average molecular weight is 710 g/mol. The Morgan fingerprint density at radius 1 is 0.882 bits per heavy atom. The van der Waals surface area contributed by atoms with Crippen LogP contribution in [0.1, 0.15) is 39.7 Å². The molecule has 7 aromatic rings. The van der Waals surface area contributed by atoms with Crippen LogP contribution < -0.4 is 9.64 Å². The molecule has 0 bridgehead atoms. The summed E-state index contributed by atoms with van der Waals surface area (Å²) in [6.07, 6.45) is 1.85. The number of imidazole rings is 1. The fourth-order valence-electron chi connectivity index (χ4n) is 6.42. The number of benzene rings is 4. The van der Waals surface area contributed by atoms with Crippen LogP contribution in [-0.4, -0.2) is 36.4 Å². The summed E-state index contributed by atoms with van der Waals surface area (Å²) >= 11 is 2.74. The second-order valence-corrected chi connectivity index (χ2v) is 14.4. The Morgan fingerprint density at radius 2 is 1.65 bits per heavy atom. The second kappa shape index (κ2) is 13.5. The number of amides is 1. The number of nitrogens with zero attached hydrogens (tertiary/aromatic N) is 5. The van der Waals surface area contributed by atoms with Crippen molar-refractivity contribution in [1.82, 2.24) is 19.6 Å². The highest BCUT2D eigenvalue weighted by atomic mass is 32.2. The summed E-state index contributed by atoms with van der Waals surface area (Å²) in [5, 5.41) is 23.3. The van der Waals surface area contributed by atoms with Crippen molar-refractivity contribution in [2.75, 3.05) is 4.90 Å². The Balaban J connectivity index is 1.16. The van der Waals surface area contributed by atoms with Crippen molar-refractivity contribution < 1.29 is 19.4 Å². The molecular weight excluding hydrogens is 679 g/mol. The van der Waals surface area contributed by atoms with Gasteiger partial charge in [0.1, 0.15) is 23.7 Å². The summed E-state index contributed by atoms with van der Waals surface area (Å²) in [4.78, 5) is 33.9. The summed E-state index contributed by atoms with van der Waals surface area (Å²) in [6, 6.07) is 34.3. The zero-order valence-electron chi connectivity index (χ0n) is 27.7. The van der Waals surface area contributed by atoms with Gasteiger partial charge < -0.3 is 14.2 Å². The molecule has 1 amide bonds. The predicted octanol–water partition coefficient (Wildman–Crippen LogP) is 8.45. The lowest BCUT2D eigenvalue weighted by Gasteiger charge is -2.22. The van der Waals surface area contributed by atoms with Crippen LogP contribution in [0.4, 0.5) is 5.13 Å². The molecule has 8 rings (SSSR count). The van der Waals surface area contributed by atoms with Crippen molar-refractivity contribution in [3.63, 3.8) is 0 Å². The fourth-order valence-corrected chi connectivity index (χ4v) is 8.29. The molecule has 0 aliphatic carbocycles. The minimum absolute atomic E-state index is 0.0673. The number of carbonyl (C=O) groups is 2. The molecule has 51 heavy (non-hydrogen) atoms. The number of carbonyl (C=O) groups excluding carboxylic acids is 2. The summed E-state index contributed by atoms with van der Waals surface area (Å²) < 4.78 is 8.52. The predicted molar refractivity (Wildman–Crippen MR) is 200 cm³/mol. The number of anilines is 1. The number of aliphatic hydroxyl groups is 1. The van der Waals surface area contributed by atoms with Crippen molar-refractivity contribution in [1.29, 1.82) is 0 Å². The number of rotatable bonds is 9. The third-order valence-corrected chi connectivity index (χ3v) is 11.1. The Hall–Kier alpha value is -5.78. The Morgan fingerprint density at radius 3 is 2.45 bits per heavy atom. The molecule has 1 atom stereocenters. The first kappa shape index (κ1) is 32.4. The minimum Gasteiger partial charge on any atom is -0.505 e. The highest BCUT2D eigenvalue weighted by Gasteiger charge is 2.49. The van der Waals surface area contributed by atoms with Crippen molar-refractivity contribution in [2.45, 2.75) is 36.6 Å². The quantitative estimate of drug-likeness (QED) is 0.0523. The molecule has 1 aliphatic heterocycles. The first-order valence-corrected chi connectivity index (χ1v) is 18.1. The van der Waals surface area contributed by atoms with Gasteiger partial charge in [0.25, 0.3) is 5.78 Å². The van der Waals surface area contributed by atoms with Crippen LogP contribution in [0, 0.1) is 13.8 Å². The van der Waals surface area contributed by atoms with Gasteiger partial charge in [-0.25, -0.2) is 4.98 Å². The van der Waals surface area contributed by atoms with Crippen LogP contribution >= 0.6 is 23.1 Å². The normalized spacial score (nSPS) is 15.6. The Bertz CT molecular complexity index is 2470. The molecular formula is C40H31N5O4S2. The number of fused-ring (bicyclic) bond motifs is 2. The molecule has 0 radical (unpaired) electrons. The lowest BCUT2D eigenvalue weighted by atomic mass is 9.96. The van der Waals surface area contributed by atoms with Gasteiger partial charge in [-0.15, -0.1) is 10.2 Å². The van der Waals surface area contributed by atoms with Crippen LogP contribution in [0.25, 0.3) is 22.2 Å². The van der Waals surface area contributed by atoms with Gasteiger partial charge in [0, 0.05) is 11.9 Å². The van der Waals surface area contributed by atoms with E-state index >= 15 is 0 Å². The van der Waals surface area contributed by atoms with Crippen LogP contribution in [0.3, 0.4) is 0 Å². The number of ketones is 1. The van der Waals surface area contributed by atoms with E-state index in [0.29, 0.717) is 39.4 Å². The van der Waals surface area contributed by atoms with E-state index in [1.54, 1.807) is 24.3 Å². The van der Waals surface area contributed by atoms with E-state index in [4.69, 9.17) is 9.72 Å². The molecule has 9 nitrogen and oxygen atoms in total. The lowest BCUT2D eigenvalue weighted by Crippen LogP contribution is -2.29. The van der Waals surface area contributed by atoms with E-state index in [0.717, 1.165) is 27.5 Å². The van der Waals surface area contributed by atoms with Gasteiger partial charge in [-0.2, -0.15) is 0 Å². The number of aromatic nitrogens is 4. The summed E-state index contributed by atoms with van der Waals surface area (Å²) in [5.41, 5.74) is 5.15. The topological polar surface area (TPSA) is 110 Å². The third-order valence-electron chi connectivity index (χ3n) is 9.03. The number of ether oxygens (including phenoxy) is 1. The lowest BCUT2D eigenvalue weighted by molar-refractivity contribution is -0.132. The zero-order valence-corrected chi connectivity index (χ0v) is 29.3. The van der Waals surface area contributed by atoms with Gasteiger partial charge in [-0.05, 0) is 65.1 Å². The smallest absolute Gasteiger partial charge is 0.301 e. The standard InChI is InChI=1S/C40H31N5O4S2/c1-24-10-9-21-44-25(2)33(41-37(24)44)35(46)32-34(28-17-19-30(20-18-28)49-22-26-11-4-3-5-12-26)45(38(48)36(32)47)39-42-43-40(51-39)50-23-29-15-8-14-27-13-6-7-16-31(27)29/h3-21,34,46H,22-23H2,1-2H3/b35-32+. The van der Waals surface area contributed by atoms with Crippen LogP contribution in [0.15, 0.2) is 125 Å². The summed E-state index contributed by atoms with van der Waals surface area (Å²) in [5.74, 6) is -0.703. The Labute approximate surface area is 301 Å². The van der Waals surface area contributed by atoms with Gasteiger partial charge in [-0.3, -0.25) is 14.5 Å². The van der Waals surface area contributed by atoms with Crippen molar-refractivity contribution in [2.24, 2.45) is 0 Å². The third kappa shape index (κ3) is 6.04. The molecule has 1 fully saturated rings. The minimum atomic E-state index is -0.984. The Kier molecular flexibility index (Phi) is 8.58. The number of hydrogen-bond donors (Lipinski definition) is 1. The van der Waals surface area contributed by atoms with E-state index in [-0.39, 0.29) is 22.2 Å². The fraction of sp³-hybridized carbons (Fsp3) is 0.125. The molecule has 0 spiro atoms. The molecule has 11 heteroatoms. The highest BCUT2D eigenvalue weighted by molar-refractivity contribution is 8.00. The van der Waals surface area contributed by atoms with E-state index in [1.165, 1.54) is 28.0 Å². The maximum Gasteiger partial charge on any atom is 0.301 e. The number of aryl methyl sites for hydroxylation is 2. The molecule has 1 N–H and O–H groups in total. The SMILES string of the molecule is Cc1cccn2c(C)c(/C(O)=C3\C(=O)C(=O)N(c4nnc(SCc5cccc6ccccc56)s4)C3c3ccc(OCc4ccccc4)cc3)nc12. The molecule has 1 saturated heterocycles. The number of pyridine rings is 1. The van der Waals surface area contributed by atoms with Gasteiger partial charge in [-0.1, -0.05) is 114 Å². The summed E-state index contributed by atoms with van der Waals surface area (Å²) in [7, 11) is 0. The maximum absolute atomic E-state index is 13.9. The van der Waals surface area contributed by atoms with E-state index in [9.17, 15) is 14.7 Å². The molecule has 1 unspecified atom stereocenters. The van der Waals surface area contributed by atoms with Gasteiger partial charge in [0.2, 0.25) is 5.13 Å². The molecule has 4 heterocycles.